The number of hydrogen-bond acceptors (Lipinski definition) is 3. The lowest BCUT2D eigenvalue weighted by Gasteiger charge is -2.05. The third-order valence-electron chi connectivity index (χ3n) is 3.90. The van der Waals surface area contributed by atoms with E-state index in [9.17, 15) is 14.7 Å². The summed E-state index contributed by atoms with van der Waals surface area (Å²) in [6.07, 6.45) is 2.66. The molecular formula is C20H16Cl2N2O4. The molecule has 1 amide bonds. The van der Waals surface area contributed by atoms with E-state index in [4.69, 9.17) is 27.9 Å². The van der Waals surface area contributed by atoms with Crippen molar-refractivity contribution < 1.29 is 19.4 Å². The average Bonchev–Trinajstić information content (AvgIpc) is 3.01. The normalized spacial score (nSPS) is 11.1. The summed E-state index contributed by atoms with van der Waals surface area (Å²) in [6, 6.07) is 10.0. The Balaban J connectivity index is 1.86. The summed E-state index contributed by atoms with van der Waals surface area (Å²) in [5.41, 5.74) is 1.28. The van der Waals surface area contributed by atoms with E-state index in [2.05, 4.69) is 10.3 Å². The smallest absolute Gasteiger partial charge is 0.352 e. The second kappa shape index (κ2) is 8.37. The Morgan fingerprint density at radius 3 is 2.57 bits per heavy atom. The van der Waals surface area contributed by atoms with Gasteiger partial charge in [-0.05, 0) is 49.4 Å². The van der Waals surface area contributed by atoms with Gasteiger partial charge in [0.25, 0.3) is 0 Å². The largest absolute Gasteiger partial charge is 0.494 e. The van der Waals surface area contributed by atoms with Crippen LogP contribution in [0, 0.1) is 0 Å². The number of aromatic nitrogens is 1. The van der Waals surface area contributed by atoms with Gasteiger partial charge in [-0.2, -0.15) is 0 Å². The molecule has 3 aromatic rings. The number of halogens is 2. The van der Waals surface area contributed by atoms with Gasteiger partial charge in [0.15, 0.2) is 0 Å². The van der Waals surface area contributed by atoms with Gasteiger partial charge in [0, 0.05) is 33.3 Å². The molecule has 8 heteroatoms. The van der Waals surface area contributed by atoms with Gasteiger partial charge in [-0.15, -0.1) is 0 Å². The number of hydrogen-bond donors (Lipinski definition) is 3. The van der Waals surface area contributed by atoms with Crippen molar-refractivity contribution in [3.8, 4) is 5.75 Å². The summed E-state index contributed by atoms with van der Waals surface area (Å²) in [7, 11) is 0. The molecule has 2 aromatic carbocycles. The lowest BCUT2D eigenvalue weighted by Crippen LogP contribution is -2.08. The Morgan fingerprint density at radius 2 is 1.93 bits per heavy atom. The lowest BCUT2D eigenvalue weighted by atomic mass is 10.1. The van der Waals surface area contributed by atoms with E-state index < -0.39 is 11.9 Å². The summed E-state index contributed by atoms with van der Waals surface area (Å²) < 4.78 is 5.35. The van der Waals surface area contributed by atoms with E-state index in [1.807, 2.05) is 6.92 Å². The van der Waals surface area contributed by atoms with Gasteiger partial charge in [-0.25, -0.2) is 4.79 Å². The van der Waals surface area contributed by atoms with Crippen LogP contribution in [-0.4, -0.2) is 28.6 Å². The second-order valence-electron chi connectivity index (χ2n) is 5.81. The number of anilines is 1. The average molecular weight is 419 g/mol. The van der Waals surface area contributed by atoms with E-state index in [1.165, 1.54) is 18.2 Å². The Labute approximate surface area is 170 Å². The summed E-state index contributed by atoms with van der Waals surface area (Å²) in [5, 5.41) is 13.3. The van der Waals surface area contributed by atoms with Gasteiger partial charge in [0.1, 0.15) is 11.4 Å². The molecule has 0 aliphatic rings. The number of benzene rings is 2. The number of aromatic amines is 1. The van der Waals surface area contributed by atoms with E-state index in [0.717, 1.165) is 0 Å². The minimum absolute atomic E-state index is 0.0794. The molecule has 0 unspecified atom stereocenters. The number of H-pyrrole nitrogens is 1. The molecule has 0 radical (unpaired) electrons. The van der Waals surface area contributed by atoms with Gasteiger partial charge in [0.2, 0.25) is 5.91 Å². The van der Waals surface area contributed by atoms with Crippen LogP contribution in [-0.2, 0) is 4.79 Å². The van der Waals surface area contributed by atoms with Crippen LogP contribution in [0.15, 0.2) is 42.5 Å². The lowest BCUT2D eigenvalue weighted by molar-refractivity contribution is -0.111. The fourth-order valence-corrected chi connectivity index (χ4v) is 3.35. The van der Waals surface area contributed by atoms with Crippen LogP contribution in [0.2, 0.25) is 10.0 Å². The number of rotatable bonds is 6. The molecule has 28 heavy (non-hydrogen) atoms. The van der Waals surface area contributed by atoms with Crippen LogP contribution >= 0.6 is 23.2 Å². The first-order chi connectivity index (χ1) is 13.4. The molecule has 0 aliphatic carbocycles. The first-order valence-electron chi connectivity index (χ1n) is 8.35. The van der Waals surface area contributed by atoms with E-state index in [-0.39, 0.29) is 10.7 Å². The molecule has 6 nitrogen and oxygen atoms in total. The number of amides is 1. The minimum atomic E-state index is -1.17. The highest BCUT2D eigenvalue weighted by Crippen LogP contribution is 2.33. The van der Waals surface area contributed by atoms with Gasteiger partial charge >= 0.3 is 5.97 Å². The molecular weight excluding hydrogens is 403 g/mol. The maximum atomic E-state index is 12.2. The first kappa shape index (κ1) is 19.8. The number of fused-ring (bicyclic) bond motifs is 1. The third-order valence-corrected chi connectivity index (χ3v) is 4.42. The Kier molecular flexibility index (Phi) is 5.92. The maximum Gasteiger partial charge on any atom is 0.352 e. The highest BCUT2D eigenvalue weighted by atomic mass is 35.5. The molecule has 3 N–H and O–H groups in total. The van der Waals surface area contributed by atoms with Crippen molar-refractivity contribution in [2.45, 2.75) is 6.92 Å². The fourth-order valence-electron chi connectivity index (χ4n) is 2.75. The van der Waals surface area contributed by atoms with E-state index in [0.29, 0.717) is 39.5 Å². The molecule has 0 saturated carbocycles. The number of aromatic carboxylic acids is 1. The number of carboxylic acids is 1. The van der Waals surface area contributed by atoms with Crippen LogP contribution in [0.1, 0.15) is 23.0 Å². The SMILES string of the molecule is CCOc1ccc(NC(=O)/C=C/c2c(C(=O)O)[nH]c3cc(Cl)cc(Cl)c23)cc1. The molecule has 0 aliphatic heterocycles. The number of carboxylic acid groups (broad SMARTS) is 1. The Bertz CT molecular complexity index is 1070. The summed E-state index contributed by atoms with van der Waals surface area (Å²) in [6.45, 7) is 2.44. The topological polar surface area (TPSA) is 91.4 Å². The molecule has 3 rings (SSSR count). The number of carbonyl (C=O) groups excluding carboxylic acids is 1. The second-order valence-corrected chi connectivity index (χ2v) is 6.65. The van der Waals surface area contributed by atoms with Crippen LogP contribution in [0.3, 0.4) is 0 Å². The number of ether oxygens (including phenoxy) is 1. The summed E-state index contributed by atoms with van der Waals surface area (Å²) >= 11 is 12.2. The van der Waals surface area contributed by atoms with Gasteiger partial charge < -0.3 is 20.1 Å². The van der Waals surface area contributed by atoms with Gasteiger partial charge in [0.05, 0.1) is 11.6 Å². The monoisotopic (exact) mass is 418 g/mol. The minimum Gasteiger partial charge on any atom is -0.494 e. The number of nitrogens with one attached hydrogen (secondary N) is 2. The number of carbonyl (C=O) groups is 2. The molecule has 0 bridgehead atoms. The summed E-state index contributed by atoms with van der Waals surface area (Å²) in [4.78, 5) is 26.6. The van der Waals surface area contributed by atoms with Gasteiger partial charge in [-0.1, -0.05) is 23.2 Å². The van der Waals surface area contributed by atoms with Crippen molar-refractivity contribution in [3.05, 3.63) is 63.8 Å². The molecule has 1 aromatic heterocycles. The predicted octanol–water partition coefficient (Wildman–Crippen LogP) is 5.22. The van der Waals surface area contributed by atoms with Crippen molar-refractivity contribution in [1.82, 2.24) is 4.98 Å². The quantitative estimate of drug-likeness (QED) is 0.478. The highest BCUT2D eigenvalue weighted by molar-refractivity contribution is 6.39. The predicted molar refractivity (Wildman–Crippen MR) is 111 cm³/mol. The molecule has 144 valence electrons. The van der Waals surface area contributed by atoms with Crippen LogP contribution in [0.4, 0.5) is 5.69 Å². The van der Waals surface area contributed by atoms with Gasteiger partial charge in [-0.3, -0.25) is 4.79 Å². The molecule has 0 atom stereocenters. The standard InChI is InChI=1S/C20H16Cl2N2O4/c1-2-28-13-5-3-12(4-6-13)23-17(25)8-7-14-18-15(22)9-11(21)10-16(18)24-19(14)20(26)27/h3-10,24H,2H2,1H3,(H,23,25)(H,26,27)/b8-7+. The zero-order valence-corrected chi connectivity index (χ0v) is 16.3. The molecule has 0 fully saturated rings. The maximum absolute atomic E-state index is 12.2. The highest BCUT2D eigenvalue weighted by Gasteiger charge is 2.18. The Hall–Kier alpha value is -2.96. The van der Waals surface area contributed by atoms with Crippen LogP contribution in [0.25, 0.3) is 17.0 Å². The first-order valence-corrected chi connectivity index (χ1v) is 9.10. The summed E-state index contributed by atoms with van der Waals surface area (Å²) in [5.74, 6) is -0.885. The molecule has 0 saturated heterocycles. The van der Waals surface area contributed by atoms with Crippen molar-refractivity contribution in [2.75, 3.05) is 11.9 Å². The van der Waals surface area contributed by atoms with E-state index >= 15 is 0 Å². The third kappa shape index (κ3) is 4.30. The molecule has 0 spiro atoms. The van der Waals surface area contributed by atoms with Crippen molar-refractivity contribution >= 4 is 57.7 Å². The van der Waals surface area contributed by atoms with Crippen LogP contribution in [0.5, 0.6) is 5.75 Å². The Morgan fingerprint density at radius 1 is 1.21 bits per heavy atom. The van der Waals surface area contributed by atoms with E-state index in [1.54, 1.807) is 30.3 Å². The van der Waals surface area contributed by atoms with Crippen molar-refractivity contribution in [2.24, 2.45) is 0 Å². The fraction of sp³-hybridized carbons (Fsp3) is 0.100. The van der Waals surface area contributed by atoms with Crippen LogP contribution < -0.4 is 10.1 Å². The zero-order chi connectivity index (χ0) is 20.3. The zero-order valence-electron chi connectivity index (χ0n) is 14.8. The molecule has 1 heterocycles. The van der Waals surface area contributed by atoms with Crippen molar-refractivity contribution in [1.29, 1.82) is 0 Å². The van der Waals surface area contributed by atoms with Crippen molar-refractivity contribution in [3.63, 3.8) is 0 Å².